The SMILES string of the molecule is CNC(CCCNC(N)=O)C(=O)Nc1ccc(COC(=O)N(C)CCN(C)C(=O)C(C)C)cc1. The summed E-state index contributed by atoms with van der Waals surface area (Å²) in [5.41, 5.74) is 6.41. The maximum Gasteiger partial charge on any atom is 0.409 e. The van der Waals surface area contributed by atoms with Gasteiger partial charge in [0.2, 0.25) is 11.8 Å². The number of nitrogens with zero attached hydrogens (tertiary/aromatic N) is 2. The third-order valence-electron chi connectivity index (χ3n) is 5.17. The van der Waals surface area contributed by atoms with Crippen molar-refractivity contribution in [2.75, 3.05) is 46.1 Å². The van der Waals surface area contributed by atoms with Crippen LogP contribution < -0.4 is 21.7 Å². The Balaban J connectivity index is 2.45. The zero-order chi connectivity index (χ0) is 25.7. The van der Waals surface area contributed by atoms with Gasteiger partial charge in [0.25, 0.3) is 0 Å². The highest BCUT2D eigenvalue weighted by molar-refractivity contribution is 5.94. The van der Waals surface area contributed by atoms with Gasteiger partial charge in [0.15, 0.2) is 0 Å². The van der Waals surface area contributed by atoms with Crippen molar-refractivity contribution >= 4 is 29.6 Å². The molecule has 1 atom stereocenters. The molecule has 0 radical (unpaired) electrons. The molecular weight excluding hydrogens is 440 g/mol. The van der Waals surface area contributed by atoms with Crippen LogP contribution in [-0.4, -0.2) is 80.6 Å². The normalized spacial score (nSPS) is 11.5. The standard InChI is InChI=1S/C23H38N6O5/c1-16(2)21(31)28(4)13-14-29(5)23(33)34-15-17-8-10-18(11-9-17)27-20(30)19(25-3)7-6-12-26-22(24)32/h8-11,16,19,25H,6-7,12-15H2,1-5H3,(H,27,30)(H3,24,26,32). The number of benzene rings is 1. The first kappa shape index (κ1) is 28.7. The van der Waals surface area contributed by atoms with Gasteiger partial charge >= 0.3 is 12.1 Å². The van der Waals surface area contributed by atoms with Gasteiger partial charge in [-0.05, 0) is 37.6 Å². The number of hydrogen-bond donors (Lipinski definition) is 4. The number of carbonyl (C=O) groups excluding carboxylic acids is 4. The van der Waals surface area contributed by atoms with Crippen molar-refractivity contribution in [3.63, 3.8) is 0 Å². The minimum atomic E-state index is -0.589. The number of urea groups is 1. The van der Waals surface area contributed by atoms with Crippen molar-refractivity contribution < 1.29 is 23.9 Å². The van der Waals surface area contributed by atoms with Crippen molar-refractivity contribution in [1.82, 2.24) is 20.4 Å². The lowest BCUT2D eigenvalue weighted by Gasteiger charge is -2.23. The second kappa shape index (κ2) is 14.7. The number of ether oxygens (including phenoxy) is 1. The van der Waals surface area contributed by atoms with Crippen LogP contribution in [0, 0.1) is 5.92 Å². The van der Waals surface area contributed by atoms with Gasteiger partial charge < -0.3 is 36.2 Å². The van der Waals surface area contributed by atoms with Gasteiger partial charge in [-0.25, -0.2) is 9.59 Å². The molecule has 1 unspecified atom stereocenters. The molecule has 190 valence electrons. The predicted octanol–water partition coefficient (Wildman–Crippen LogP) is 1.34. The maximum absolute atomic E-state index is 12.5. The van der Waals surface area contributed by atoms with Crippen LogP contribution in [-0.2, 0) is 20.9 Å². The van der Waals surface area contributed by atoms with Crippen LogP contribution in [0.15, 0.2) is 24.3 Å². The van der Waals surface area contributed by atoms with Crippen molar-refractivity contribution in [2.24, 2.45) is 11.7 Å². The van der Waals surface area contributed by atoms with Crippen LogP contribution >= 0.6 is 0 Å². The summed E-state index contributed by atoms with van der Waals surface area (Å²) in [7, 11) is 5.03. The Morgan fingerprint density at radius 3 is 2.21 bits per heavy atom. The Bertz CT molecular complexity index is 815. The number of carbonyl (C=O) groups is 4. The number of nitrogens with two attached hydrogens (primary N) is 1. The van der Waals surface area contributed by atoms with E-state index in [1.54, 1.807) is 50.3 Å². The van der Waals surface area contributed by atoms with Crippen molar-refractivity contribution in [1.29, 1.82) is 0 Å². The number of amides is 5. The van der Waals surface area contributed by atoms with Crippen molar-refractivity contribution in [2.45, 2.75) is 39.3 Å². The van der Waals surface area contributed by atoms with E-state index in [1.807, 2.05) is 13.8 Å². The molecule has 0 saturated heterocycles. The Morgan fingerprint density at radius 1 is 1.03 bits per heavy atom. The Kier molecular flexibility index (Phi) is 12.4. The van der Waals surface area contributed by atoms with E-state index in [1.165, 1.54) is 4.90 Å². The van der Waals surface area contributed by atoms with Gasteiger partial charge in [-0.15, -0.1) is 0 Å². The Hall–Kier alpha value is -3.34. The first-order valence-electron chi connectivity index (χ1n) is 11.3. The third-order valence-corrected chi connectivity index (χ3v) is 5.17. The summed E-state index contributed by atoms with van der Waals surface area (Å²) in [4.78, 5) is 50.3. The fraction of sp³-hybridized carbons (Fsp3) is 0.565. The van der Waals surface area contributed by atoms with Gasteiger partial charge in [0, 0.05) is 45.3 Å². The van der Waals surface area contributed by atoms with Gasteiger partial charge in [0.1, 0.15) is 6.61 Å². The highest BCUT2D eigenvalue weighted by atomic mass is 16.6. The fourth-order valence-corrected chi connectivity index (χ4v) is 3.04. The van der Waals surface area contributed by atoms with Gasteiger partial charge in [-0.1, -0.05) is 26.0 Å². The first-order chi connectivity index (χ1) is 16.0. The average Bonchev–Trinajstić information content (AvgIpc) is 2.80. The zero-order valence-corrected chi connectivity index (χ0v) is 20.7. The molecule has 0 heterocycles. The molecule has 5 N–H and O–H groups in total. The monoisotopic (exact) mass is 478 g/mol. The molecule has 11 heteroatoms. The van der Waals surface area contributed by atoms with E-state index in [2.05, 4.69) is 16.0 Å². The lowest BCUT2D eigenvalue weighted by atomic mass is 10.1. The largest absolute Gasteiger partial charge is 0.445 e. The topological polar surface area (TPSA) is 146 Å². The number of anilines is 1. The highest BCUT2D eigenvalue weighted by Crippen LogP contribution is 2.12. The number of likely N-dealkylation sites (N-methyl/N-ethyl adjacent to an activating group) is 3. The number of nitrogens with one attached hydrogen (secondary N) is 3. The summed E-state index contributed by atoms with van der Waals surface area (Å²) in [6.45, 7) is 4.94. The minimum Gasteiger partial charge on any atom is -0.445 e. The lowest BCUT2D eigenvalue weighted by molar-refractivity contribution is -0.133. The summed E-state index contributed by atoms with van der Waals surface area (Å²) in [6.07, 6.45) is 0.654. The summed E-state index contributed by atoms with van der Waals surface area (Å²) < 4.78 is 5.33. The van der Waals surface area contributed by atoms with Crippen LogP contribution in [0.4, 0.5) is 15.3 Å². The molecule has 1 aromatic carbocycles. The van der Waals surface area contributed by atoms with Crippen molar-refractivity contribution in [3.8, 4) is 0 Å². The van der Waals surface area contributed by atoms with E-state index in [4.69, 9.17) is 10.5 Å². The molecule has 0 aliphatic carbocycles. The van der Waals surface area contributed by atoms with Crippen LogP contribution in [0.25, 0.3) is 0 Å². The molecule has 0 fully saturated rings. The van der Waals surface area contributed by atoms with Crippen LogP contribution in [0.2, 0.25) is 0 Å². The molecule has 11 nitrogen and oxygen atoms in total. The van der Waals surface area contributed by atoms with E-state index in [9.17, 15) is 19.2 Å². The van der Waals surface area contributed by atoms with E-state index in [-0.39, 0.29) is 24.3 Å². The second-order valence-corrected chi connectivity index (χ2v) is 8.35. The predicted molar refractivity (Wildman–Crippen MR) is 130 cm³/mol. The molecular formula is C23H38N6O5. The van der Waals surface area contributed by atoms with Gasteiger partial charge in [-0.2, -0.15) is 0 Å². The van der Waals surface area contributed by atoms with E-state index < -0.39 is 18.2 Å². The van der Waals surface area contributed by atoms with E-state index in [0.29, 0.717) is 38.2 Å². The highest BCUT2D eigenvalue weighted by Gasteiger charge is 2.17. The maximum atomic E-state index is 12.5. The number of rotatable bonds is 13. The number of hydrogen-bond acceptors (Lipinski definition) is 6. The molecule has 0 spiro atoms. The van der Waals surface area contributed by atoms with Crippen LogP contribution in [0.1, 0.15) is 32.3 Å². The fourth-order valence-electron chi connectivity index (χ4n) is 3.04. The van der Waals surface area contributed by atoms with Crippen molar-refractivity contribution in [3.05, 3.63) is 29.8 Å². The molecule has 0 bridgehead atoms. The second-order valence-electron chi connectivity index (χ2n) is 8.35. The Labute approximate surface area is 201 Å². The van der Waals surface area contributed by atoms with Crippen LogP contribution in [0.3, 0.4) is 0 Å². The summed E-state index contributed by atoms with van der Waals surface area (Å²) in [6, 6.07) is 6.00. The van der Waals surface area contributed by atoms with Crippen LogP contribution in [0.5, 0.6) is 0 Å². The smallest absolute Gasteiger partial charge is 0.409 e. The average molecular weight is 479 g/mol. The molecule has 1 aromatic rings. The quantitative estimate of drug-likeness (QED) is 0.315. The molecule has 1 rings (SSSR count). The first-order valence-corrected chi connectivity index (χ1v) is 11.3. The van der Waals surface area contributed by atoms with Gasteiger partial charge in [-0.3, -0.25) is 9.59 Å². The minimum absolute atomic E-state index is 0.0232. The van der Waals surface area contributed by atoms with E-state index in [0.717, 1.165) is 5.56 Å². The molecule has 0 saturated carbocycles. The summed E-state index contributed by atoms with van der Waals surface area (Å²) in [5.74, 6) is -0.261. The molecule has 0 aliphatic heterocycles. The van der Waals surface area contributed by atoms with E-state index >= 15 is 0 Å². The third kappa shape index (κ3) is 10.5. The molecule has 0 aliphatic rings. The summed E-state index contributed by atoms with van der Waals surface area (Å²) in [5, 5.41) is 8.28. The van der Waals surface area contributed by atoms with Gasteiger partial charge in [0.05, 0.1) is 6.04 Å². The number of primary amides is 1. The molecule has 5 amide bonds. The zero-order valence-electron chi connectivity index (χ0n) is 20.7. The summed E-state index contributed by atoms with van der Waals surface area (Å²) >= 11 is 0. The lowest BCUT2D eigenvalue weighted by Crippen LogP contribution is -2.39. The Morgan fingerprint density at radius 2 is 1.65 bits per heavy atom. The molecule has 34 heavy (non-hydrogen) atoms. The molecule has 0 aromatic heterocycles.